The quantitative estimate of drug-likeness (QED) is 0.252. The third-order valence-corrected chi connectivity index (χ3v) is 1.71. The number of hydrogen-bond acceptors (Lipinski definition) is 3. The summed E-state index contributed by atoms with van der Waals surface area (Å²) in [6.07, 6.45) is 1.58. The van der Waals surface area contributed by atoms with Crippen molar-refractivity contribution in [2.45, 2.75) is 6.92 Å². The Labute approximate surface area is 129 Å². The summed E-state index contributed by atoms with van der Waals surface area (Å²) in [6.45, 7) is 1.46. The van der Waals surface area contributed by atoms with Gasteiger partial charge in [-0.05, 0) is 29.9 Å². The van der Waals surface area contributed by atoms with Crippen molar-refractivity contribution in [2.24, 2.45) is 10.8 Å². The van der Waals surface area contributed by atoms with Crippen molar-refractivity contribution in [3.63, 3.8) is 0 Å². The van der Waals surface area contributed by atoms with Crippen LogP contribution in [-0.4, -0.2) is 17.2 Å². The molecule has 4 N–H and O–H groups in total. The van der Waals surface area contributed by atoms with Gasteiger partial charge >= 0.3 is 29.6 Å². The van der Waals surface area contributed by atoms with E-state index in [1.807, 2.05) is 12.1 Å². The van der Waals surface area contributed by atoms with E-state index in [-0.39, 0.29) is 42.0 Å². The molecule has 0 radical (unpaired) electrons. The van der Waals surface area contributed by atoms with Crippen LogP contribution in [0.1, 0.15) is 13.9 Å². The van der Waals surface area contributed by atoms with Crippen LogP contribution in [0.4, 0.5) is 5.69 Å². The van der Waals surface area contributed by atoms with Gasteiger partial charge in [-0.25, -0.2) is 0 Å². The third kappa shape index (κ3) is 7.06. The van der Waals surface area contributed by atoms with E-state index >= 15 is 0 Å². The summed E-state index contributed by atoms with van der Waals surface area (Å²) < 4.78 is 0. The fourth-order valence-corrected chi connectivity index (χ4v) is 1.08. The number of nitrogens with two attached hydrogens (primary N) is 1. The Morgan fingerprint density at radius 1 is 1.47 bits per heavy atom. The molecule has 0 fully saturated rings. The maximum absolute atomic E-state index is 10.8. The van der Waals surface area contributed by atoms with Gasteiger partial charge in [-0.1, -0.05) is 12.1 Å². The summed E-state index contributed by atoms with van der Waals surface area (Å²) in [5.74, 6) is -0.100. The molecule has 0 aliphatic heterocycles. The van der Waals surface area contributed by atoms with Crippen LogP contribution in [0.3, 0.4) is 0 Å². The van der Waals surface area contributed by atoms with Gasteiger partial charge in [0.05, 0.1) is 6.21 Å². The minimum absolute atomic E-state index is 0. The van der Waals surface area contributed by atoms with E-state index in [1.165, 1.54) is 6.92 Å². The van der Waals surface area contributed by atoms with Crippen molar-refractivity contribution in [1.82, 2.24) is 5.43 Å². The van der Waals surface area contributed by atoms with Gasteiger partial charge in [0.25, 0.3) is 0 Å². The van der Waals surface area contributed by atoms with Gasteiger partial charge < -0.3 is 12.5 Å². The number of benzene rings is 1. The van der Waals surface area contributed by atoms with Gasteiger partial charge in [-0.15, -0.1) is 0 Å². The normalized spacial score (nSPS) is 9.47. The molecule has 0 unspecified atom stereocenters. The molecule has 0 aliphatic rings. The van der Waals surface area contributed by atoms with Gasteiger partial charge in [0, 0.05) is 12.6 Å². The van der Waals surface area contributed by atoms with Crippen LogP contribution in [0.5, 0.6) is 0 Å². The van der Waals surface area contributed by atoms with E-state index in [4.69, 9.17) is 5.73 Å². The van der Waals surface area contributed by atoms with E-state index in [9.17, 15) is 4.79 Å². The molecule has 0 saturated carbocycles. The van der Waals surface area contributed by atoms with Gasteiger partial charge in [-0.3, -0.25) is 10.2 Å². The third-order valence-electron chi connectivity index (χ3n) is 1.62. The monoisotopic (exact) mass is 260 g/mol. The summed E-state index contributed by atoms with van der Waals surface area (Å²) >= 11 is 4.58. The second kappa shape index (κ2) is 8.19. The molecule has 1 rings (SSSR count). The standard InChI is InChI=1S/C10H12N4OS.Na.H/c1-7(15)13-9-4-2-8(3-5-9)6-12-14-10(11)16;;/h2-6H,1H3,(H,13,15)(H3,11,14,16);;/q;+1;-1. The largest absolute Gasteiger partial charge is 1.00 e. The molecule has 5 nitrogen and oxygen atoms in total. The molecule has 1 aromatic rings. The van der Waals surface area contributed by atoms with Crippen LogP contribution in [0, 0.1) is 0 Å². The molecule has 0 saturated heterocycles. The van der Waals surface area contributed by atoms with Crippen LogP contribution in [-0.2, 0) is 4.79 Å². The first-order chi connectivity index (χ1) is 7.58. The molecule has 0 aromatic heterocycles. The van der Waals surface area contributed by atoms with Crippen molar-refractivity contribution in [3.8, 4) is 0 Å². The van der Waals surface area contributed by atoms with E-state index in [0.717, 1.165) is 11.3 Å². The molecule has 0 atom stereocenters. The Hall–Kier alpha value is -0.950. The van der Waals surface area contributed by atoms with Crippen LogP contribution < -0.4 is 46.0 Å². The number of nitrogens with one attached hydrogen (secondary N) is 2. The van der Waals surface area contributed by atoms with E-state index < -0.39 is 0 Å². The number of carbonyl (C=O) groups excluding carboxylic acids is 1. The van der Waals surface area contributed by atoms with E-state index in [2.05, 4.69) is 28.1 Å². The average molecular weight is 260 g/mol. The molecule has 0 heterocycles. The van der Waals surface area contributed by atoms with Gasteiger partial charge in [-0.2, -0.15) is 5.10 Å². The maximum atomic E-state index is 10.8. The molecule has 0 spiro atoms. The minimum Gasteiger partial charge on any atom is -1.00 e. The number of hydrazone groups is 1. The van der Waals surface area contributed by atoms with Crippen molar-refractivity contribution >= 4 is 35.1 Å². The SMILES string of the molecule is CC(=O)Nc1ccc(C=NNC(N)=S)cc1.[H-].[Na+]. The van der Waals surface area contributed by atoms with Gasteiger partial charge in [0.1, 0.15) is 0 Å². The summed E-state index contributed by atoms with van der Waals surface area (Å²) in [7, 11) is 0. The molecular formula is C10H13N4NaOS. The Balaban J connectivity index is 0. The predicted octanol–water partition coefficient (Wildman–Crippen LogP) is -2.07. The Kier molecular flexibility index (Phi) is 7.73. The summed E-state index contributed by atoms with van der Waals surface area (Å²) in [4.78, 5) is 10.8. The fraction of sp³-hybridized carbons (Fsp3) is 0.100. The zero-order valence-electron chi connectivity index (χ0n) is 10.7. The number of carbonyl (C=O) groups is 1. The van der Waals surface area contributed by atoms with Gasteiger partial charge in [0.15, 0.2) is 5.11 Å². The number of rotatable bonds is 3. The first-order valence-electron chi connectivity index (χ1n) is 4.54. The summed E-state index contributed by atoms with van der Waals surface area (Å²) in [6, 6.07) is 7.19. The van der Waals surface area contributed by atoms with Crippen LogP contribution in [0.2, 0.25) is 0 Å². The summed E-state index contributed by atoms with van der Waals surface area (Å²) in [5.41, 5.74) is 9.26. The Bertz CT molecular complexity index is 424. The fourth-order valence-electron chi connectivity index (χ4n) is 1.03. The first-order valence-corrected chi connectivity index (χ1v) is 4.95. The zero-order valence-corrected chi connectivity index (χ0v) is 12.5. The number of hydrogen-bond donors (Lipinski definition) is 3. The van der Waals surface area contributed by atoms with E-state index in [1.54, 1.807) is 18.3 Å². The topological polar surface area (TPSA) is 79.5 Å². The molecular weight excluding hydrogens is 247 g/mol. The smallest absolute Gasteiger partial charge is 1.00 e. The number of nitrogens with zero attached hydrogens (tertiary/aromatic N) is 1. The van der Waals surface area contributed by atoms with Gasteiger partial charge in [0.2, 0.25) is 5.91 Å². The number of thiocarbonyl (C=S) groups is 1. The van der Waals surface area contributed by atoms with Crippen molar-refractivity contribution in [1.29, 1.82) is 0 Å². The zero-order chi connectivity index (χ0) is 12.0. The molecule has 1 amide bonds. The predicted molar refractivity (Wildman–Crippen MR) is 69.4 cm³/mol. The van der Waals surface area contributed by atoms with Crippen LogP contribution >= 0.6 is 12.2 Å². The Morgan fingerprint density at radius 2 is 2.06 bits per heavy atom. The van der Waals surface area contributed by atoms with Crippen LogP contribution in [0.25, 0.3) is 0 Å². The molecule has 86 valence electrons. The first kappa shape index (κ1) is 16.1. The number of amides is 1. The second-order valence-corrected chi connectivity index (χ2v) is 3.48. The molecule has 0 aliphatic carbocycles. The molecule has 7 heteroatoms. The summed E-state index contributed by atoms with van der Waals surface area (Å²) in [5, 5.41) is 6.59. The minimum atomic E-state index is -0.100. The van der Waals surface area contributed by atoms with Crippen molar-refractivity contribution in [3.05, 3.63) is 29.8 Å². The molecule has 0 bridgehead atoms. The van der Waals surface area contributed by atoms with Crippen LogP contribution in [0.15, 0.2) is 29.4 Å². The molecule has 17 heavy (non-hydrogen) atoms. The average Bonchev–Trinajstić information content (AvgIpc) is 2.19. The van der Waals surface area contributed by atoms with Crippen molar-refractivity contribution in [2.75, 3.05) is 5.32 Å². The second-order valence-electron chi connectivity index (χ2n) is 3.04. The molecule has 1 aromatic carbocycles. The van der Waals surface area contributed by atoms with E-state index in [0.29, 0.717) is 0 Å². The Morgan fingerprint density at radius 3 is 2.53 bits per heavy atom. The number of anilines is 1. The maximum Gasteiger partial charge on any atom is 1.00 e. The van der Waals surface area contributed by atoms with Crippen molar-refractivity contribution < 1.29 is 35.8 Å².